The molecule has 0 unspecified atom stereocenters. The molecule has 1 heterocycles. The number of anilines is 1. The lowest BCUT2D eigenvalue weighted by molar-refractivity contribution is -0.118. The zero-order valence-electron chi connectivity index (χ0n) is 13.2. The predicted octanol–water partition coefficient (Wildman–Crippen LogP) is 2.67. The van der Waals surface area contributed by atoms with Crippen LogP contribution in [0.25, 0.3) is 0 Å². The summed E-state index contributed by atoms with van der Waals surface area (Å²) < 4.78 is 7.35. The van der Waals surface area contributed by atoms with Crippen LogP contribution in [0, 0.1) is 27.7 Å². The minimum atomic E-state index is -0.185. The van der Waals surface area contributed by atoms with E-state index < -0.39 is 0 Å². The summed E-state index contributed by atoms with van der Waals surface area (Å²) in [6, 6.07) is 5.81. The Kier molecular flexibility index (Phi) is 4.31. The highest BCUT2D eigenvalue weighted by Crippen LogP contribution is 2.21. The van der Waals surface area contributed by atoms with E-state index in [1.54, 1.807) is 4.68 Å². The van der Waals surface area contributed by atoms with Crippen LogP contribution in [0.3, 0.4) is 0 Å². The molecule has 112 valence electrons. The highest BCUT2D eigenvalue weighted by molar-refractivity contribution is 5.93. The molecule has 2 rings (SSSR count). The van der Waals surface area contributed by atoms with Crippen molar-refractivity contribution in [2.75, 3.05) is 11.9 Å². The second kappa shape index (κ2) is 5.99. The molecule has 2 aromatic rings. The summed E-state index contributed by atoms with van der Waals surface area (Å²) >= 11 is 0. The molecule has 5 nitrogen and oxygen atoms in total. The predicted molar refractivity (Wildman–Crippen MR) is 82.7 cm³/mol. The van der Waals surface area contributed by atoms with Crippen molar-refractivity contribution in [2.45, 2.75) is 27.7 Å². The van der Waals surface area contributed by atoms with Crippen LogP contribution in [0.4, 0.5) is 5.69 Å². The monoisotopic (exact) mass is 287 g/mol. The van der Waals surface area contributed by atoms with Gasteiger partial charge < -0.3 is 10.1 Å². The minimum absolute atomic E-state index is 0.0158. The number of carbonyl (C=O) groups is 1. The first-order chi connectivity index (χ1) is 9.90. The van der Waals surface area contributed by atoms with Crippen LogP contribution < -0.4 is 10.1 Å². The molecule has 0 saturated heterocycles. The molecule has 0 aliphatic carbocycles. The molecular weight excluding hydrogens is 266 g/mol. The van der Waals surface area contributed by atoms with Gasteiger partial charge in [0.15, 0.2) is 6.61 Å². The normalized spacial score (nSPS) is 10.5. The molecule has 0 aliphatic rings. The van der Waals surface area contributed by atoms with Gasteiger partial charge in [-0.25, -0.2) is 0 Å². The summed E-state index contributed by atoms with van der Waals surface area (Å²) in [6.07, 6.45) is 0. The van der Waals surface area contributed by atoms with E-state index in [1.807, 2.05) is 52.9 Å². The van der Waals surface area contributed by atoms with Crippen molar-refractivity contribution in [1.82, 2.24) is 9.78 Å². The second-order valence-electron chi connectivity index (χ2n) is 5.20. The fourth-order valence-electron chi connectivity index (χ4n) is 2.15. The lowest BCUT2D eigenvalue weighted by Gasteiger charge is -2.11. The van der Waals surface area contributed by atoms with Crippen LogP contribution in [0.2, 0.25) is 0 Å². The molecule has 0 aliphatic heterocycles. The molecule has 0 fully saturated rings. The molecule has 0 radical (unpaired) electrons. The quantitative estimate of drug-likeness (QED) is 0.940. The Morgan fingerprint density at radius 3 is 2.62 bits per heavy atom. The van der Waals surface area contributed by atoms with Crippen molar-refractivity contribution in [3.05, 3.63) is 40.7 Å². The number of hydrogen-bond donors (Lipinski definition) is 1. The van der Waals surface area contributed by atoms with Crippen molar-refractivity contribution in [2.24, 2.45) is 7.05 Å². The van der Waals surface area contributed by atoms with Gasteiger partial charge >= 0.3 is 0 Å². The maximum atomic E-state index is 12.0. The number of amides is 1. The topological polar surface area (TPSA) is 56.1 Å². The van der Waals surface area contributed by atoms with E-state index >= 15 is 0 Å². The Morgan fingerprint density at radius 2 is 2.00 bits per heavy atom. The van der Waals surface area contributed by atoms with Gasteiger partial charge in [-0.2, -0.15) is 5.10 Å². The number of ether oxygens (including phenoxy) is 1. The van der Waals surface area contributed by atoms with Crippen LogP contribution in [0.5, 0.6) is 5.75 Å². The number of aromatic nitrogens is 2. The Morgan fingerprint density at radius 1 is 1.29 bits per heavy atom. The maximum absolute atomic E-state index is 12.0. The summed E-state index contributed by atoms with van der Waals surface area (Å²) in [5.41, 5.74) is 4.68. The van der Waals surface area contributed by atoms with E-state index in [2.05, 4.69) is 10.4 Å². The van der Waals surface area contributed by atoms with Gasteiger partial charge in [-0.1, -0.05) is 12.1 Å². The van der Waals surface area contributed by atoms with Gasteiger partial charge in [-0.3, -0.25) is 9.48 Å². The number of nitrogens with zero attached hydrogens (tertiary/aromatic N) is 2. The van der Waals surface area contributed by atoms with Gasteiger partial charge in [0.05, 0.1) is 17.1 Å². The first kappa shape index (κ1) is 15.1. The van der Waals surface area contributed by atoms with Gasteiger partial charge in [0.25, 0.3) is 5.91 Å². The largest absolute Gasteiger partial charge is 0.483 e. The number of carbonyl (C=O) groups excluding carboxylic acids is 1. The third kappa shape index (κ3) is 3.24. The maximum Gasteiger partial charge on any atom is 0.262 e. The van der Waals surface area contributed by atoms with Gasteiger partial charge in [0.1, 0.15) is 5.75 Å². The Labute approximate surface area is 124 Å². The lowest BCUT2D eigenvalue weighted by Crippen LogP contribution is -2.21. The highest BCUT2D eigenvalue weighted by atomic mass is 16.5. The number of hydrogen-bond acceptors (Lipinski definition) is 3. The summed E-state index contributed by atoms with van der Waals surface area (Å²) in [4.78, 5) is 12.0. The molecule has 5 heteroatoms. The summed E-state index contributed by atoms with van der Waals surface area (Å²) in [6.45, 7) is 7.77. The van der Waals surface area contributed by atoms with Gasteiger partial charge in [0, 0.05) is 7.05 Å². The fourth-order valence-corrected chi connectivity index (χ4v) is 2.15. The van der Waals surface area contributed by atoms with Crippen molar-refractivity contribution in [3.8, 4) is 5.75 Å². The van der Waals surface area contributed by atoms with E-state index in [9.17, 15) is 4.79 Å². The standard InChI is InChI=1S/C16H21N3O2/c1-10-7-6-8-14(11(10)2)21-9-15(20)17-16-12(3)18-19(5)13(16)4/h6-8H,9H2,1-5H3,(H,17,20). The molecule has 1 aromatic carbocycles. The zero-order chi connectivity index (χ0) is 15.6. The third-order valence-corrected chi connectivity index (χ3v) is 3.69. The number of benzene rings is 1. The molecule has 1 amide bonds. The summed E-state index contributed by atoms with van der Waals surface area (Å²) in [7, 11) is 1.85. The molecule has 0 saturated carbocycles. The molecular formula is C16H21N3O2. The van der Waals surface area contributed by atoms with E-state index in [0.29, 0.717) is 0 Å². The minimum Gasteiger partial charge on any atom is -0.483 e. The van der Waals surface area contributed by atoms with Gasteiger partial charge in [-0.05, 0) is 44.9 Å². The Hall–Kier alpha value is -2.30. The molecule has 1 aromatic heterocycles. The molecule has 0 spiro atoms. The van der Waals surface area contributed by atoms with Crippen molar-refractivity contribution < 1.29 is 9.53 Å². The fraction of sp³-hybridized carbons (Fsp3) is 0.375. The van der Waals surface area contributed by atoms with Crippen molar-refractivity contribution >= 4 is 11.6 Å². The van der Waals surface area contributed by atoms with Crippen LogP contribution in [-0.4, -0.2) is 22.3 Å². The average molecular weight is 287 g/mol. The van der Waals surface area contributed by atoms with Crippen LogP contribution in [0.15, 0.2) is 18.2 Å². The van der Waals surface area contributed by atoms with E-state index in [4.69, 9.17) is 4.74 Å². The van der Waals surface area contributed by atoms with E-state index in [0.717, 1.165) is 34.0 Å². The smallest absolute Gasteiger partial charge is 0.262 e. The molecule has 1 N–H and O–H groups in total. The number of nitrogens with one attached hydrogen (secondary N) is 1. The van der Waals surface area contributed by atoms with E-state index in [1.165, 1.54) is 0 Å². The van der Waals surface area contributed by atoms with Crippen LogP contribution in [0.1, 0.15) is 22.5 Å². The van der Waals surface area contributed by atoms with Gasteiger partial charge in [-0.15, -0.1) is 0 Å². The Balaban J connectivity index is 2.01. The highest BCUT2D eigenvalue weighted by Gasteiger charge is 2.13. The Bertz CT molecular complexity index is 674. The lowest BCUT2D eigenvalue weighted by atomic mass is 10.1. The van der Waals surface area contributed by atoms with Crippen molar-refractivity contribution in [3.63, 3.8) is 0 Å². The summed E-state index contributed by atoms with van der Waals surface area (Å²) in [5, 5.41) is 7.13. The first-order valence-electron chi connectivity index (χ1n) is 6.89. The van der Waals surface area contributed by atoms with Crippen molar-refractivity contribution in [1.29, 1.82) is 0 Å². The van der Waals surface area contributed by atoms with Crippen LogP contribution in [-0.2, 0) is 11.8 Å². The first-order valence-corrected chi connectivity index (χ1v) is 6.89. The zero-order valence-corrected chi connectivity index (χ0v) is 13.2. The molecule has 0 bridgehead atoms. The summed E-state index contributed by atoms with van der Waals surface area (Å²) in [5.74, 6) is 0.555. The molecule has 0 atom stereocenters. The van der Waals surface area contributed by atoms with Crippen LogP contribution >= 0.6 is 0 Å². The van der Waals surface area contributed by atoms with Gasteiger partial charge in [0.2, 0.25) is 0 Å². The SMILES string of the molecule is Cc1cccc(OCC(=O)Nc2c(C)nn(C)c2C)c1C. The second-order valence-corrected chi connectivity index (χ2v) is 5.20. The van der Waals surface area contributed by atoms with E-state index in [-0.39, 0.29) is 12.5 Å². The number of rotatable bonds is 4. The molecule has 21 heavy (non-hydrogen) atoms. The average Bonchev–Trinajstić information content (AvgIpc) is 2.67. The third-order valence-electron chi connectivity index (χ3n) is 3.69. The number of aryl methyl sites for hydroxylation is 3.